The van der Waals surface area contributed by atoms with Crippen molar-refractivity contribution in [1.82, 2.24) is 4.90 Å². The molecule has 0 bridgehead atoms. The number of carbonyl (C=O) groups is 2. The molecule has 1 aliphatic heterocycles. The standard InChI is InChI=1S/C16H17Cl2NO3/c17-12-5-3-4-9(14(12)18)10-8-11(10)15(20)19-7-2-1-6-13(19)16(21)22/h3-5,10-11,13H,1-2,6-8H2,(H,21,22)/t10?,11?,13-/m1/s1. The van der Waals surface area contributed by atoms with E-state index in [4.69, 9.17) is 23.2 Å². The Bertz CT molecular complexity index is 619. The lowest BCUT2D eigenvalue weighted by molar-refractivity contribution is -0.152. The first-order valence-electron chi connectivity index (χ1n) is 7.48. The highest BCUT2D eigenvalue weighted by Crippen LogP contribution is 2.51. The summed E-state index contributed by atoms with van der Waals surface area (Å²) < 4.78 is 0. The summed E-state index contributed by atoms with van der Waals surface area (Å²) >= 11 is 12.2. The first-order valence-corrected chi connectivity index (χ1v) is 8.23. The van der Waals surface area contributed by atoms with Crippen molar-refractivity contribution < 1.29 is 14.7 Å². The van der Waals surface area contributed by atoms with Crippen molar-refractivity contribution in [3.05, 3.63) is 33.8 Å². The molecule has 3 atom stereocenters. The summed E-state index contributed by atoms with van der Waals surface area (Å²) in [5.74, 6) is -1.09. The van der Waals surface area contributed by atoms with E-state index in [0.717, 1.165) is 18.4 Å². The minimum Gasteiger partial charge on any atom is -0.480 e. The molecule has 1 amide bonds. The quantitative estimate of drug-likeness (QED) is 0.914. The van der Waals surface area contributed by atoms with Gasteiger partial charge in [-0.3, -0.25) is 4.79 Å². The minimum atomic E-state index is -0.911. The van der Waals surface area contributed by atoms with Crippen LogP contribution in [0.3, 0.4) is 0 Å². The van der Waals surface area contributed by atoms with Crippen molar-refractivity contribution in [2.24, 2.45) is 5.92 Å². The second-order valence-corrected chi connectivity index (χ2v) is 6.76. The van der Waals surface area contributed by atoms with E-state index in [0.29, 0.717) is 29.4 Å². The molecule has 1 aromatic carbocycles. The zero-order valence-corrected chi connectivity index (χ0v) is 13.5. The van der Waals surface area contributed by atoms with Crippen LogP contribution in [0.2, 0.25) is 10.0 Å². The smallest absolute Gasteiger partial charge is 0.326 e. The second kappa shape index (κ2) is 6.09. The highest BCUT2D eigenvalue weighted by Gasteiger charge is 2.48. The molecule has 6 heteroatoms. The van der Waals surface area contributed by atoms with Crippen LogP contribution >= 0.6 is 23.2 Å². The van der Waals surface area contributed by atoms with Gasteiger partial charge >= 0.3 is 5.97 Å². The predicted molar refractivity (Wildman–Crippen MR) is 84.3 cm³/mol. The Hall–Kier alpha value is -1.26. The molecule has 22 heavy (non-hydrogen) atoms. The molecule has 2 fully saturated rings. The van der Waals surface area contributed by atoms with Crippen molar-refractivity contribution in [2.45, 2.75) is 37.6 Å². The molecule has 0 aromatic heterocycles. The summed E-state index contributed by atoms with van der Waals surface area (Å²) in [4.78, 5) is 25.5. The van der Waals surface area contributed by atoms with Gasteiger partial charge in [0.15, 0.2) is 0 Å². The molecule has 1 saturated carbocycles. The normalized spacial score (nSPS) is 27.5. The number of likely N-dealkylation sites (tertiary alicyclic amines) is 1. The molecule has 1 saturated heterocycles. The molecule has 0 radical (unpaired) electrons. The van der Waals surface area contributed by atoms with E-state index < -0.39 is 12.0 Å². The molecule has 0 spiro atoms. The summed E-state index contributed by atoms with van der Waals surface area (Å²) in [5.41, 5.74) is 0.886. The highest BCUT2D eigenvalue weighted by atomic mass is 35.5. The third-order valence-electron chi connectivity index (χ3n) is 4.56. The largest absolute Gasteiger partial charge is 0.480 e. The molecule has 1 heterocycles. The zero-order chi connectivity index (χ0) is 15.9. The monoisotopic (exact) mass is 341 g/mol. The van der Waals surface area contributed by atoms with Crippen LogP contribution in [0, 0.1) is 5.92 Å². The van der Waals surface area contributed by atoms with Crippen LogP contribution in [0.4, 0.5) is 0 Å². The van der Waals surface area contributed by atoms with Gasteiger partial charge < -0.3 is 10.0 Å². The zero-order valence-electron chi connectivity index (χ0n) is 12.0. The van der Waals surface area contributed by atoms with E-state index in [-0.39, 0.29) is 17.7 Å². The van der Waals surface area contributed by atoms with Gasteiger partial charge in [0.1, 0.15) is 6.04 Å². The van der Waals surface area contributed by atoms with E-state index in [1.165, 1.54) is 4.90 Å². The molecule has 1 aliphatic carbocycles. The Labute approximate surface area is 139 Å². The first kappa shape index (κ1) is 15.6. The third kappa shape index (κ3) is 2.82. The highest BCUT2D eigenvalue weighted by molar-refractivity contribution is 6.42. The predicted octanol–water partition coefficient (Wildman–Crippen LogP) is 3.56. The van der Waals surface area contributed by atoms with Crippen LogP contribution in [0.5, 0.6) is 0 Å². The first-order chi connectivity index (χ1) is 10.5. The number of nitrogens with zero attached hydrogens (tertiary/aromatic N) is 1. The molecule has 4 nitrogen and oxygen atoms in total. The SMILES string of the molecule is O=C(O)[C@H]1CCCCN1C(=O)C1CC1c1cccc(Cl)c1Cl. The number of carbonyl (C=O) groups excluding carboxylic acids is 1. The van der Waals surface area contributed by atoms with Gasteiger partial charge in [-0.05, 0) is 43.2 Å². The van der Waals surface area contributed by atoms with E-state index in [1.807, 2.05) is 12.1 Å². The fraction of sp³-hybridized carbons (Fsp3) is 0.500. The Morgan fingerprint density at radius 2 is 2.00 bits per heavy atom. The summed E-state index contributed by atoms with van der Waals surface area (Å²) in [5, 5.41) is 10.3. The Morgan fingerprint density at radius 1 is 1.23 bits per heavy atom. The van der Waals surface area contributed by atoms with Crippen LogP contribution in [0.25, 0.3) is 0 Å². The van der Waals surface area contributed by atoms with Crippen LogP contribution in [0.15, 0.2) is 18.2 Å². The summed E-state index contributed by atoms with van der Waals surface area (Å²) in [7, 11) is 0. The lowest BCUT2D eigenvalue weighted by Crippen LogP contribution is -2.48. The number of aliphatic carboxylic acids is 1. The van der Waals surface area contributed by atoms with Crippen LogP contribution in [0.1, 0.15) is 37.2 Å². The van der Waals surface area contributed by atoms with Crippen molar-refractivity contribution >= 4 is 35.1 Å². The van der Waals surface area contributed by atoms with Gasteiger partial charge in [-0.2, -0.15) is 0 Å². The molecule has 3 rings (SSSR count). The van der Waals surface area contributed by atoms with E-state index in [2.05, 4.69) is 0 Å². The average Bonchev–Trinajstić information content (AvgIpc) is 3.29. The van der Waals surface area contributed by atoms with E-state index >= 15 is 0 Å². The number of amides is 1. The van der Waals surface area contributed by atoms with Crippen molar-refractivity contribution in [3.8, 4) is 0 Å². The number of carboxylic acid groups (broad SMARTS) is 1. The van der Waals surface area contributed by atoms with Crippen LogP contribution in [-0.4, -0.2) is 34.5 Å². The Balaban J connectivity index is 1.74. The number of rotatable bonds is 3. The summed E-state index contributed by atoms with van der Waals surface area (Å²) in [6.45, 7) is 0.530. The van der Waals surface area contributed by atoms with Crippen molar-refractivity contribution in [1.29, 1.82) is 0 Å². The van der Waals surface area contributed by atoms with E-state index in [1.54, 1.807) is 6.07 Å². The Kier molecular flexibility index (Phi) is 4.33. The van der Waals surface area contributed by atoms with Gasteiger partial charge in [-0.1, -0.05) is 35.3 Å². The number of halogens is 2. The van der Waals surface area contributed by atoms with Gasteiger partial charge in [0, 0.05) is 12.5 Å². The fourth-order valence-electron chi connectivity index (χ4n) is 3.28. The molecule has 1 N–H and O–H groups in total. The summed E-state index contributed by atoms with van der Waals surface area (Å²) in [6.07, 6.45) is 2.97. The topological polar surface area (TPSA) is 57.6 Å². The minimum absolute atomic E-state index is 0.0510. The molecule has 2 unspecified atom stereocenters. The molecule has 118 valence electrons. The van der Waals surface area contributed by atoms with Gasteiger partial charge in [-0.15, -0.1) is 0 Å². The number of hydrogen-bond acceptors (Lipinski definition) is 2. The maximum atomic E-state index is 12.6. The molecular weight excluding hydrogens is 325 g/mol. The molecule has 2 aliphatic rings. The number of piperidine rings is 1. The summed E-state index contributed by atoms with van der Waals surface area (Å²) in [6, 6.07) is 4.75. The maximum Gasteiger partial charge on any atom is 0.326 e. The lowest BCUT2D eigenvalue weighted by Gasteiger charge is -2.33. The Morgan fingerprint density at radius 3 is 2.73 bits per heavy atom. The third-order valence-corrected chi connectivity index (χ3v) is 5.39. The lowest BCUT2D eigenvalue weighted by atomic mass is 10.0. The fourth-order valence-corrected chi connectivity index (χ4v) is 3.73. The van der Waals surface area contributed by atoms with Crippen molar-refractivity contribution in [3.63, 3.8) is 0 Å². The number of carboxylic acids is 1. The number of benzene rings is 1. The maximum absolute atomic E-state index is 12.6. The van der Waals surface area contributed by atoms with E-state index in [9.17, 15) is 14.7 Å². The van der Waals surface area contributed by atoms with Crippen LogP contribution < -0.4 is 0 Å². The van der Waals surface area contributed by atoms with Gasteiger partial charge in [0.05, 0.1) is 10.0 Å². The second-order valence-electron chi connectivity index (χ2n) is 5.97. The van der Waals surface area contributed by atoms with Crippen molar-refractivity contribution in [2.75, 3.05) is 6.54 Å². The molecule has 1 aromatic rings. The van der Waals surface area contributed by atoms with Crippen LogP contribution in [-0.2, 0) is 9.59 Å². The molecular formula is C16H17Cl2NO3. The van der Waals surface area contributed by atoms with Gasteiger partial charge in [0.25, 0.3) is 0 Å². The number of hydrogen-bond donors (Lipinski definition) is 1. The van der Waals surface area contributed by atoms with Gasteiger partial charge in [-0.25, -0.2) is 4.79 Å². The van der Waals surface area contributed by atoms with Gasteiger partial charge in [0.2, 0.25) is 5.91 Å². The average molecular weight is 342 g/mol.